The van der Waals surface area contributed by atoms with Crippen LogP contribution in [0.15, 0.2) is 24.5 Å². The molecule has 0 unspecified atom stereocenters. The van der Waals surface area contributed by atoms with E-state index in [-0.39, 0.29) is 0 Å². The van der Waals surface area contributed by atoms with E-state index < -0.39 is 0 Å². The van der Waals surface area contributed by atoms with Crippen LogP contribution in [0.4, 0.5) is 0 Å². The monoisotopic (exact) mass is 235 g/mol. The lowest BCUT2D eigenvalue weighted by atomic mass is 10.4. The molecule has 0 atom stereocenters. The van der Waals surface area contributed by atoms with Crippen molar-refractivity contribution in [3.8, 4) is 0 Å². The minimum atomic E-state index is 0.880. The molecule has 0 aliphatic rings. The van der Waals surface area contributed by atoms with Crippen molar-refractivity contribution >= 4 is 11.3 Å². The number of nitrogens with zero attached hydrogens (tertiary/aromatic N) is 2. The SMILES string of the molecule is CCNCc1ccc(Cn2cc(C)cn2)s1. The third kappa shape index (κ3) is 2.93. The highest BCUT2D eigenvalue weighted by Crippen LogP contribution is 2.17. The van der Waals surface area contributed by atoms with E-state index >= 15 is 0 Å². The number of hydrogen-bond acceptors (Lipinski definition) is 3. The van der Waals surface area contributed by atoms with Gasteiger partial charge in [-0.25, -0.2) is 0 Å². The quantitative estimate of drug-likeness (QED) is 0.862. The average molecular weight is 235 g/mol. The zero-order chi connectivity index (χ0) is 11.4. The van der Waals surface area contributed by atoms with Crippen LogP contribution in [0.25, 0.3) is 0 Å². The highest BCUT2D eigenvalue weighted by atomic mass is 32.1. The van der Waals surface area contributed by atoms with Gasteiger partial charge in [0.2, 0.25) is 0 Å². The standard InChI is InChI=1S/C12H17N3S/c1-3-13-7-11-4-5-12(16-11)9-15-8-10(2)6-14-15/h4-6,8,13H,3,7,9H2,1-2H3. The van der Waals surface area contributed by atoms with Crippen LogP contribution in [-0.4, -0.2) is 16.3 Å². The molecule has 2 aromatic heterocycles. The Morgan fingerprint density at radius 2 is 2.19 bits per heavy atom. The first-order valence-corrected chi connectivity index (χ1v) is 6.37. The predicted molar refractivity (Wildman–Crippen MR) is 67.8 cm³/mol. The molecule has 4 heteroatoms. The van der Waals surface area contributed by atoms with Crippen LogP contribution >= 0.6 is 11.3 Å². The summed E-state index contributed by atoms with van der Waals surface area (Å²) in [7, 11) is 0. The number of thiophene rings is 1. The molecule has 3 nitrogen and oxygen atoms in total. The molecule has 2 rings (SSSR count). The van der Waals surface area contributed by atoms with Gasteiger partial charge in [-0.05, 0) is 31.2 Å². The highest BCUT2D eigenvalue weighted by molar-refractivity contribution is 7.11. The van der Waals surface area contributed by atoms with Crippen LogP contribution < -0.4 is 5.32 Å². The molecule has 0 saturated heterocycles. The van der Waals surface area contributed by atoms with Gasteiger partial charge >= 0.3 is 0 Å². The first-order chi connectivity index (χ1) is 7.78. The Kier molecular flexibility index (Phi) is 3.74. The second kappa shape index (κ2) is 5.27. The Morgan fingerprint density at radius 1 is 1.38 bits per heavy atom. The first-order valence-electron chi connectivity index (χ1n) is 5.55. The summed E-state index contributed by atoms with van der Waals surface area (Å²) in [6, 6.07) is 4.38. The average Bonchev–Trinajstić information content (AvgIpc) is 2.86. The second-order valence-corrected chi connectivity index (χ2v) is 5.12. The Labute approximate surface area is 100 Å². The molecule has 2 aromatic rings. The smallest absolute Gasteiger partial charge is 0.0752 e. The van der Waals surface area contributed by atoms with Crippen molar-refractivity contribution < 1.29 is 0 Å². The third-order valence-corrected chi connectivity index (χ3v) is 3.42. The van der Waals surface area contributed by atoms with Crippen LogP contribution in [0.1, 0.15) is 22.2 Å². The molecule has 0 radical (unpaired) electrons. The van der Waals surface area contributed by atoms with Gasteiger partial charge in [0.25, 0.3) is 0 Å². The van der Waals surface area contributed by atoms with E-state index in [4.69, 9.17) is 0 Å². The van der Waals surface area contributed by atoms with Crippen LogP contribution in [0.2, 0.25) is 0 Å². The molecule has 0 saturated carbocycles. The molecule has 86 valence electrons. The maximum absolute atomic E-state index is 4.29. The van der Waals surface area contributed by atoms with E-state index in [1.807, 2.05) is 22.2 Å². The van der Waals surface area contributed by atoms with Crippen LogP contribution in [-0.2, 0) is 13.1 Å². The van der Waals surface area contributed by atoms with E-state index in [0.717, 1.165) is 19.6 Å². The van der Waals surface area contributed by atoms with Crippen LogP contribution in [0.5, 0.6) is 0 Å². The number of hydrogen-bond donors (Lipinski definition) is 1. The fourth-order valence-corrected chi connectivity index (χ4v) is 2.54. The Bertz CT molecular complexity index is 445. The van der Waals surface area contributed by atoms with Gasteiger partial charge in [0.1, 0.15) is 0 Å². The van der Waals surface area contributed by atoms with Gasteiger partial charge in [0, 0.05) is 22.5 Å². The molecule has 0 bridgehead atoms. The molecular weight excluding hydrogens is 218 g/mol. The summed E-state index contributed by atoms with van der Waals surface area (Å²) in [5, 5.41) is 7.62. The van der Waals surface area contributed by atoms with Crippen molar-refractivity contribution in [1.82, 2.24) is 15.1 Å². The highest BCUT2D eigenvalue weighted by Gasteiger charge is 2.01. The van der Waals surface area contributed by atoms with E-state index in [2.05, 4.69) is 42.6 Å². The van der Waals surface area contributed by atoms with Gasteiger partial charge in [-0.3, -0.25) is 4.68 Å². The minimum absolute atomic E-state index is 0.880. The van der Waals surface area contributed by atoms with E-state index in [0.29, 0.717) is 0 Å². The van der Waals surface area contributed by atoms with Gasteiger partial charge in [-0.2, -0.15) is 5.10 Å². The Hall–Kier alpha value is -1.13. The molecular formula is C12H17N3S. The lowest BCUT2D eigenvalue weighted by Crippen LogP contribution is -2.10. The fourth-order valence-electron chi connectivity index (χ4n) is 1.56. The molecule has 1 N–H and O–H groups in total. The molecule has 0 aliphatic carbocycles. The molecule has 0 aromatic carbocycles. The van der Waals surface area contributed by atoms with E-state index in [1.165, 1.54) is 15.3 Å². The van der Waals surface area contributed by atoms with Crippen LogP contribution in [0, 0.1) is 6.92 Å². The minimum Gasteiger partial charge on any atom is -0.312 e. The van der Waals surface area contributed by atoms with Crippen molar-refractivity contribution in [2.75, 3.05) is 6.54 Å². The first kappa shape index (κ1) is 11.4. The lowest BCUT2D eigenvalue weighted by molar-refractivity contribution is 0.694. The van der Waals surface area contributed by atoms with E-state index in [9.17, 15) is 0 Å². The largest absolute Gasteiger partial charge is 0.312 e. The zero-order valence-corrected chi connectivity index (χ0v) is 10.5. The molecule has 16 heavy (non-hydrogen) atoms. The topological polar surface area (TPSA) is 29.9 Å². The summed E-state index contributed by atoms with van der Waals surface area (Å²) in [4.78, 5) is 2.75. The summed E-state index contributed by atoms with van der Waals surface area (Å²) in [6.07, 6.45) is 3.97. The van der Waals surface area contributed by atoms with Crippen molar-refractivity contribution in [1.29, 1.82) is 0 Å². The van der Waals surface area contributed by atoms with Gasteiger partial charge < -0.3 is 5.32 Å². The second-order valence-electron chi connectivity index (χ2n) is 3.86. The maximum Gasteiger partial charge on any atom is 0.0752 e. The normalized spacial score (nSPS) is 10.9. The number of rotatable bonds is 5. The third-order valence-electron chi connectivity index (χ3n) is 2.35. The maximum atomic E-state index is 4.29. The summed E-state index contributed by atoms with van der Waals surface area (Å²) in [6.45, 7) is 7.06. The van der Waals surface area contributed by atoms with Gasteiger partial charge in [-0.15, -0.1) is 11.3 Å². The van der Waals surface area contributed by atoms with Crippen molar-refractivity contribution in [2.45, 2.75) is 26.9 Å². The van der Waals surface area contributed by atoms with Gasteiger partial charge in [-0.1, -0.05) is 6.92 Å². The van der Waals surface area contributed by atoms with E-state index in [1.54, 1.807) is 0 Å². The Morgan fingerprint density at radius 3 is 2.88 bits per heavy atom. The lowest BCUT2D eigenvalue weighted by Gasteiger charge is -1.98. The number of aryl methyl sites for hydroxylation is 1. The fraction of sp³-hybridized carbons (Fsp3) is 0.417. The zero-order valence-electron chi connectivity index (χ0n) is 9.73. The number of nitrogens with one attached hydrogen (secondary N) is 1. The molecule has 0 fully saturated rings. The van der Waals surface area contributed by atoms with Gasteiger partial charge in [0.05, 0.1) is 12.7 Å². The van der Waals surface area contributed by atoms with Crippen molar-refractivity contribution in [2.24, 2.45) is 0 Å². The molecule has 0 amide bonds. The predicted octanol–water partition coefficient (Wildman–Crippen LogP) is 2.41. The van der Waals surface area contributed by atoms with Crippen LogP contribution in [0.3, 0.4) is 0 Å². The molecule has 0 aliphatic heterocycles. The summed E-state index contributed by atoms with van der Waals surface area (Å²) < 4.78 is 1.98. The summed E-state index contributed by atoms with van der Waals surface area (Å²) in [5.41, 5.74) is 1.21. The van der Waals surface area contributed by atoms with Crippen molar-refractivity contribution in [3.63, 3.8) is 0 Å². The summed E-state index contributed by atoms with van der Waals surface area (Å²) >= 11 is 1.85. The molecule has 0 spiro atoms. The number of aromatic nitrogens is 2. The Balaban J connectivity index is 1.97. The van der Waals surface area contributed by atoms with Gasteiger partial charge in [0.15, 0.2) is 0 Å². The molecule has 2 heterocycles. The summed E-state index contributed by atoms with van der Waals surface area (Å²) in [5.74, 6) is 0. The van der Waals surface area contributed by atoms with Crippen molar-refractivity contribution in [3.05, 3.63) is 39.8 Å².